The van der Waals surface area contributed by atoms with E-state index in [9.17, 15) is 9.59 Å². The van der Waals surface area contributed by atoms with Crippen molar-refractivity contribution in [1.82, 2.24) is 5.32 Å². The van der Waals surface area contributed by atoms with E-state index in [0.717, 1.165) is 21.3 Å². The maximum atomic E-state index is 12.7. The Labute approximate surface area is 167 Å². The first-order valence-corrected chi connectivity index (χ1v) is 9.81. The third-order valence-electron chi connectivity index (χ3n) is 4.47. The largest absolute Gasteiger partial charge is 0.487 e. The van der Waals surface area contributed by atoms with E-state index in [1.165, 1.54) is 0 Å². The van der Waals surface area contributed by atoms with Gasteiger partial charge in [-0.1, -0.05) is 40.2 Å². The molecule has 1 heterocycles. The first-order chi connectivity index (χ1) is 12.9. The van der Waals surface area contributed by atoms with Crippen LogP contribution in [0.3, 0.4) is 0 Å². The van der Waals surface area contributed by atoms with Gasteiger partial charge in [-0.2, -0.15) is 0 Å². The summed E-state index contributed by atoms with van der Waals surface area (Å²) < 4.78 is 6.77. The third kappa shape index (κ3) is 4.89. The van der Waals surface area contributed by atoms with Gasteiger partial charge in [0.05, 0.1) is 12.2 Å². The lowest BCUT2D eigenvalue weighted by Gasteiger charge is -2.33. The number of aryl methyl sites for hydroxylation is 1. The fourth-order valence-electron chi connectivity index (χ4n) is 3.06. The zero-order chi connectivity index (χ0) is 19.4. The fraction of sp³-hybridized carbons (Fsp3) is 0.333. The molecule has 2 aromatic rings. The summed E-state index contributed by atoms with van der Waals surface area (Å²) >= 11 is 3.46. The molecule has 1 aliphatic rings. The molecule has 0 spiro atoms. The topological polar surface area (TPSA) is 58.6 Å². The highest BCUT2D eigenvalue weighted by Gasteiger charge is 2.27. The van der Waals surface area contributed by atoms with Gasteiger partial charge in [0, 0.05) is 23.9 Å². The second-order valence-electron chi connectivity index (χ2n) is 6.77. The van der Waals surface area contributed by atoms with Crippen LogP contribution >= 0.6 is 15.9 Å². The van der Waals surface area contributed by atoms with E-state index in [2.05, 4.69) is 21.2 Å². The monoisotopic (exact) mass is 430 g/mol. The van der Waals surface area contributed by atoms with Crippen molar-refractivity contribution in [1.29, 1.82) is 0 Å². The highest BCUT2D eigenvalue weighted by Crippen LogP contribution is 2.34. The fourth-order valence-corrected chi connectivity index (χ4v) is 3.49. The lowest BCUT2D eigenvalue weighted by molar-refractivity contribution is -0.125. The standard InChI is InChI=1S/C21H23BrN2O3/c1-14-7-8-19-18(11-14)24(13-15(2)27-19)21(26)10-9-20(25)23-12-16-5-3-4-6-17(16)22/h3-8,11,15H,9-10,12-13H2,1-2H3,(H,23,25)/t15-/m0/s1. The van der Waals surface area contributed by atoms with Crippen molar-refractivity contribution in [2.45, 2.75) is 39.3 Å². The van der Waals surface area contributed by atoms with Gasteiger partial charge in [0.15, 0.2) is 0 Å². The summed E-state index contributed by atoms with van der Waals surface area (Å²) in [6.45, 7) is 4.85. The molecule has 0 saturated heterocycles. The van der Waals surface area contributed by atoms with Crippen LogP contribution in [0, 0.1) is 6.92 Å². The average molecular weight is 431 g/mol. The minimum absolute atomic E-state index is 0.0620. The number of benzene rings is 2. The number of nitrogens with one attached hydrogen (secondary N) is 1. The van der Waals surface area contributed by atoms with E-state index in [1.807, 2.05) is 56.3 Å². The molecule has 6 heteroatoms. The summed E-state index contributed by atoms with van der Waals surface area (Å²) in [6, 6.07) is 13.5. The van der Waals surface area contributed by atoms with E-state index in [1.54, 1.807) is 4.90 Å². The van der Waals surface area contributed by atoms with E-state index in [0.29, 0.717) is 18.8 Å². The van der Waals surface area contributed by atoms with Crippen molar-refractivity contribution in [2.75, 3.05) is 11.4 Å². The molecular weight excluding hydrogens is 408 g/mol. The molecule has 0 unspecified atom stereocenters. The van der Waals surface area contributed by atoms with Gasteiger partial charge >= 0.3 is 0 Å². The summed E-state index contributed by atoms with van der Waals surface area (Å²) in [5.41, 5.74) is 2.85. The Hall–Kier alpha value is -2.34. The van der Waals surface area contributed by atoms with Crippen LogP contribution in [0.15, 0.2) is 46.9 Å². The summed E-state index contributed by atoms with van der Waals surface area (Å²) in [5, 5.41) is 2.87. The smallest absolute Gasteiger partial charge is 0.227 e. The molecule has 0 aliphatic carbocycles. The molecule has 0 saturated carbocycles. The van der Waals surface area contributed by atoms with Gasteiger partial charge in [-0.15, -0.1) is 0 Å². The van der Waals surface area contributed by atoms with E-state index in [4.69, 9.17) is 4.74 Å². The molecule has 3 rings (SSSR count). The van der Waals surface area contributed by atoms with Gasteiger partial charge in [-0.3, -0.25) is 9.59 Å². The zero-order valence-electron chi connectivity index (χ0n) is 15.5. The Kier molecular flexibility index (Phi) is 6.16. The van der Waals surface area contributed by atoms with Crippen molar-refractivity contribution in [3.05, 3.63) is 58.1 Å². The SMILES string of the molecule is Cc1ccc2c(c1)N(C(=O)CCC(=O)NCc1ccccc1Br)C[C@H](C)O2. The normalized spacial score (nSPS) is 15.7. The zero-order valence-corrected chi connectivity index (χ0v) is 17.1. The molecule has 0 radical (unpaired) electrons. The number of halogens is 1. The first-order valence-electron chi connectivity index (χ1n) is 9.02. The molecule has 5 nitrogen and oxygen atoms in total. The number of anilines is 1. The maximum absolute atomic E-state index is 12.7. The predicted octanol–water partition coefficient (Wildman–Crippen LogP) is 3.97. The van der Waals surface area contributed by atoms with E-state index >= 15 is 0 Å². The van der Waals surface area contributed by atoms with Crippen molar-refractivity contribution < 1.29 is 14.3 Å². The van der Waals surface area contributed by atoms with Crippen LogP contribution in [0.25, 0.3) is 0 Å². The number of carbonyl (C=O) groups excluding carboxylic acids is 2. The van der Waals surface area contributed by atoms with Gasteiger partial charge in [0.25, 0.3) is 0 Å². The van der Waals surface area contributed by atoms with Crippen LogP contribution in [0.2, 0.25) is 0 Å². The minimum atomic E-state index is -0.134. The summed E-state index contributed by atoms with van der Waals surface area (Å²) in [4.78, 5) is 26.6. The molecule has 1 atom stereocenters. The summed E-state index contributed by atoms with van der Waals surface area (Å²) in [5.74, 6) is 0.518. The second-order valence-corrected chi connectivity index (χ2v) is 7.63. The van der Waals surface area contributed by atoms with Crippen LogP contribution in [0.5, 0.6) is 5.75 Å². The molecule has 1 aliphatic heterocycles. The number of rotatable bonds is 5. The Bertz CT molecular complexity index is 853. The molecule has 2 aromatic carbocycles. The Balaban J connectivity index is 1.57. The molecule has 0 bridgehead atoms. The van der Waals surface area contributed by atoms with Gasteiger partial charge < -0.3 is 15.0 Å². The number of nitrogens with zero attached hydrogens (tertiary/aromatic N) is 1. The second kappa shape index (κ2) is 8.57. The van der Waals surface area contributed by atoms with E-state index in [-0.39, 0.29) is 30.8 Å². The van der Waals surface area contributed by atoms with Crippen LogP contribution in [-0.4, -0.2) is 24.5 Å². The number of carbonyl (C=O) groups is 2. The number of ether oxygens (including phenoxy) is 1. The van der Waals surface area contributed by atoms with Crippen LogP contribution < -0.4 is 15.0 Å². The quantitative estimate of drug-likeness (QED) is 0.780. The average Bonchev–Trinajstić information content (AvgIpc) is 2.65. The predicted molar refractivity (Wildman–Crippen MR) is 109 cm³/mol. The van der Waals surface area contributed by atoms with Crippen molar-refractivity contribution in [3.63, 3.8) is 0 Å². The van der Waals surface area contributed by atoms with Gasteiger partial charge in [-0.05, 0) is 43.2 Å². The third-order valence-corrected chi connectivity index (χ3v) is 5.25. The molecular formula is C21H23BrN2O3. The van der Waals surface area contributed by atoms with E-state index < -0.39 is 0 Å². The van der Waals surface area contributed by atoms with Crippen LogP contribution in [0.4, 0.5) is 5.69 Å². The first kappa shape index (κ1) is 19.4. The molecule has 0 fully saturated rings. The number of amides is 2. The van der Waals surface area contributed by atoms with Crippen LogP contribution in [0.1, 0.15) is 30.9 Å². The Morgan fingerprint density at radius 3 is 2.78 bits per heavy atom. The minimum Gasteiger partial charge on any atom is -0.487 e. The lowest BCUT2D eigenvalue weighted by Crippen LogP contribution is -2.42. The molecule has 1 N–H and O–H groups in total. The highest BCUT2D eigenvalue weighted by atomic mass is 79.9. The molecule has 2 amide bonds. The van der Waals surface area contributed by atoms with Crippen molar-refractivity contribution >= 4 is 33.4 Å². The maximum Gasteiger partial charge on any atom is 0.227 e. The van der Waals surface area contributed by atoms with Crippen LogP contribution in [-0.2, 0) is 16.1 Å². The highest BCUT2D eigenvalue weighted by molar-refractivity contribution is 9.10. The number of fused-ring (bicyclic) bond motifs is 1. The van der Waals surface area contributed by atoms with Gasteiger partial charge in [-0.25, -0.2) is 0 Å². The number of hydrogen-bond donors (Lipinski definition) is 1. The molecule has 142 valence electrons. The van der Waals surface area contributed by atoms with Gasteiger partial charge in [0.1, 0.15) is 11.9 Å². The van der Waals surface area contributed by atoms with Crippen molar-refractivity contribution in [2.24, 2.45) is 0 Å². The summed E-state index contributed by atoms with van der Waals surface area (Å²) in [7, 11) is 0. The lowest BCUT2D eigenvalue weighted by atomic mass is 10.1. The Morgan fingerprint density at radius 1 is 1.22 bits per heavy atom. The molecule has 27 heavy (non-hydrogen) atoms. The Morgan fingerprint density at radius 2 is 2.00 bits per heavy atom. The number of hydrogen-bond acceptors (Lipinski definition) is 3. The van der Waals surface area contributed by atoms with Gasteiger partial charge in [0.2, 0.25) is 11.8 Å². The van der Waals surface area contributed by atoms with Crippen molar-refractivity contribution in [3.8, 4) is 5.75 Å². The molecule has 0 aromatic heterocycles. The summed E-state index contributed by atoms with van der Waals surface area (Å²) in [6.07, 6.45) is 0.256.